The third kappa shape index (κ3) is 5.98. The second-order valence-corrected chi connectivity index (χ2v) is 12.3. The number of piperazine rings is 2. The molecule has 0 saturated carbocycles. The Hall–Kier alpha value is -3.10. The van der Waals surface area contributed by atoms with E-state index in [2.05, 4.69) is 53.0 Å². The summed E-state index contributed by atoms with van der Waals surface area (Å²) in [7, 11) is 2.34. The SMILES string of the molecule is C[C@H]1CN(Cc2cccc(-c3cc(CNC(=O)c4cccc(C[N+]5(C)C[C@@H]6C[C@H]5CN6)c4)ccc3F)c2)CCN1. The van der Waals surface area contributed by atoms with Gasteiger partial charge in [0.05, 0.1) is 19.6 Å². The second-order valence-electron chi connectivity index (χ2n) is 12.3. The predicted octanol–water partition coefficient (Wildman–Crippen LogP) is 3.91. The standard InChI is InChI=1S/C33H40FN5O/c1-23-19-38(12-11-35-23)20-25-5-3-7-27(13-25)31-15-24(9-10-32(31)34)17-37-33(40)28-8-4-6-26(14-28)21-39(2)22-29-16-30(39)18-36-29/h3-10,13-15,23,29-30,35-36H,11-12,16-22H2,1-2H3/p+1/t23-,29-,30-,39?/m0/s1. The van der Waals surface area contributed by atoms with Gasteiger partial charge in [0.2, 0.25) is 0 Å². The number of likely N-dealkylation sites (tertiary alicyclic amines) is 1. The number of carbonyl (C=O) groups is 1. The summed E-state index contributed by atoms with van der Waals surface area (Å²) in [5.74, 6) is -0.356. The lowest BCUT2D eigenvalue weighted by Crippen LogP contribution is -2.55. The number of nitrogens with zero attached hydrogens (tertiary/aromatic N) is 2. The number of hydrogen-bond acceptors (Lipinski definition) is 4. The minimum absolute atomic E-state index is 0.104. The average molecular weight is 543 g/mol. The van der Waals surface area contributed by atoms with Gasteiger partial charge in [0, 0.05) is 68.4 Å². The minimum atomic E-state index is -0.252. The van der Waals surface area contributed by atoms with E-state index < -0.39 is 0 Å². The monoisotopic (exact) mass is 542 g/mol. The maximum atomic E-state index is 14.9. The molecule has 3 aliphatic rings. The number of hydrogen-bond donors (Lipinski definition) is 3. The molecule has 1 unspecified atom stereocenters. The van der Waals surface area contributed by atoms with Crippen molar-refractivity contribution in [2.24, 2.45) is 0 Å². The van der Waals surface area contributed by atoms with Gasteiger partial charge in [-0.3, -0.25) is 9.69 Å². The fraction of sp³-hybridized carbons (Fsp3) is 0.424. The Bertz CT molecular complexity index is 1380. The number of benzene rings is 3. The van der Waals surface area contributed by atoms with Crippen LogP contribution in [0, 0.1) is 5.82 Å². The molecule has 6 rings (SSSR count). The number of amides is 1. The first kappa shape index (κ1) is 27.1. The molecule has 0 spiro atoms. The molecule has 7 heteroatoms. The molecule has 4 atom stereocenters. The highest BCUT2D eigenvalue weighted by molar-refractivity contribution is 5.94. The number of rotatable bonds is 8. The van der Waals surface area contributed by atoms with Crippen LogP contribution < -0.4 is 16.0 Å². The highest BCUT2D eigenvalue weighted by Crippen LogP contribution is 2.32. The van der Waals surface area contributed by atoms with Crippen molar-refractivity contribution >= 4 is 5.91 Å². The molecule has 3 heterocycles. The summed E-state index contributed by atoms with van der Waals surface area (Å²) in [6.07, 6.45) is 1.25. The van der Waals surface area contributed by atoms with Crippen LogP contribution in [0.1, 0.15) is 40.4 Å². The zero-order valence-corrected chi connectivity index (χ0v) is 23.6. The Labute approximate surface area is 237 Å². The molecule has 3 aliphatic heterocycles. The molecule has 3 fully saturated rings. The minimum Gasteiger partial charge on any atom is -0.348 e. The fourth-order valence-corrected chi connectivity index (χ4v) is 6.93. The van der Waals surface area contributed by atoms with Crippen LogP contribution in [-0.2, 0) is 19.6 Å². The number of fused-ring (bicyclic) bond motifs is 2. The number of carbonyl (C=O) groups excluding carboxylic acids is 1. The van der Waals surface area contributed by atoms with E-state index in [0.29, 0.717) is 35.8 Å². The number of nitrogens with one attached hydrogen (secondary N) is 3. The van der Waals surface area contributed by atoms with Crippen LogP contribution in [0.25, 0.3) is 11.1 Å². The van der Waals surface area contributed by atoms with Gasteiger partial charge in [0.25, 0.3) is 5.91 Å². The van der Waals surface area contributed by atoms with E-state index in [4.69, 9.17) is 0 Å². The molecule has 3 N–H and O–H groups in total. The Balaban J connectivity index is 1.10. The van der Waals surface area contributed by atoms with Crippen LogP contribution in [0.5, 0.6) is 0 Å². The molecule has 0 aromatic heterocycles. The first-order valence-electron chi connectivity index (χ1n) is 14.6. The Kier molecular flexibility index (Phi) is 7.73. The van der Waals surface area contributed by atoms with Crippen LogP contribution in [-0.4, -0.2) is 73.2 Å². The predicted molar refractivity (Wildman–Crippen MR) is 157 cm³/mol. The van der Waals surface area contributed by atoms with Gasteiger partial charge in [-0.15, -0.1) is 0 Å². The lowest BCUT2D eigenvalue weighted by atomic mass is 10.00. The van der Waals surface area contributed by atoms with Crippen molar-refractivity contribution < 1.29 is 13.7 Å². The molecule has 40 heavy (non-hydrogen) atoms. The van der Waals surface area contributed by atoms with Gasteiger partial charge in [0.15, 0.2) is 0 Å². The van der Waals surface area contributed by atoms with E-state index in [0.717, 1.165) is 61.4 Å². The summed E-state index contributed by atoms with van der Waals surface area (Å²) in [6.45, 7) is 9.58. The molecule has 1 amide bonds. The quantitative estimate of drug-likeness (QED) is 0.378. The first-order valence-corrected chi connectivity index (χ1v) is 14.6. The highest BCUT2D eigenvalue weighted by Gasteiger charge is 2.48. The van der Waals surface area contributed by atoms with Crippen LogP contribution in [0.3, 0.4) is 0 Å². The van der Waals surface area contributed by atoms with Crippen molar-refractivity contribution in [3.8, 4) is 11.1 Å². The maximum Gasteiger partial charge on any atom is 0.251 e. The Morgan fingerprint density at radius 1 is 1.05 bits per heavy atom. The normalized spacial score (nSPS) is 26.2. The molecule has 210 valence electrons. The molecule has 3 saturated heterocycles. The van der Waals surface area contributed by atoms with Crippen molar-refractivity contribution in [1.82, 2.24) is 20.9 Å². The van der Waals surface area contributed by atoms with Crippen molar-refractivity contribution in [2.45, 2.75) is 51.1 Å². The molecular weight excluding hydrogens is 501 g/mol. The molecule has 6 nitrogen and oxygen atoms in total. The fourth-order valence-electron chi connectivity index (χ4n) is 6.93. The zero-order valence-electron chi connectivity index (χ0n) is 23.6. The van der Waals surface area contributed by atoms with E-state index in [1.165, 1.54) is 23.6 Å². The van der Waals surface area contributed by atoms with Crippen molar-refractivity contribution in [2.75, 3.05) is 39.8 Å². The summed E-state index contributed by atoms with van der Waals surface area (Å²) >= 11 is 0. The molecular formula is C33H41FN5O+. The molecule has 0 aliphatic carbocycles. The highest BCUT2D eigenvalue weighted by atomic mass is 19.1. The van der Waals surface area contributed by atoms with Crippen LogP contribution >= 0.6 is 0 Å². The summed E-state index contributed by atoms with van der Waals surface area (Å²) < 4.78 is 16.0. The van der Waals surface area contributed by atoms with Gasteiger partial charge in [-0.2, -0.15) is 0 Å². The van der Waals surface area contributed by atoms with E-state index in [1.54, 1.807) is 6.07 Å². The van der Waals surface area contributed by atoms with Gasteiger partial charge in [-0.05, 0) is 53.9 Å². The molecule has 2 bridgehead atoms. The third-order valence-electron chi connectivity index (χ3n) is 9.03. The topological polar surface area (TPSA) is 56.4 Å². The lowest BCUT2D eigenvalue weighted by molar-refractivity contribution is -0.936. The second kappa shape index (κ2) is 11.4. The summed E-state index contributed by atoms with van der Waals surface area (Å²) in [6, 6.07) is 23.0. The maximum absolute atomic E-state index is 14.9. The summed E-state index contributed by atoms with van der Waals surface area (Å²) in [4.78, 5) is 15.5. The van der Waals surface area contributed by atoms with E-state index in [-0.39, 0.29) is 11.7 Å². The van der Waals surface area contributed by atoms with Crippen LogP contribution in [0.2, 0.25) is 0 Å². The van der Waals surface area contributed by atoms with Crippen LogP contribution in [0.4, 0.5) is 4.39 Å². The Morgan fingerprint density at radius 2 is 1.90 bits per heavy atom. The van der Waals surface area contributed by atoms with Gasteiger partial charge >= 0.3 is 0 Å². The number of quaternary nitrogens is 1. The largest absolute Gasteiger partial charge is 0.348 e. The molecule has 3 aromatic carbocycles. The van der Waals surface area contributed by atoms with E-state index in [1.807, 2.05) is 36.4 Å². The number of likely N-dealkylation sites (N-methyl/N-ethyl adjacent to an activating group) is 1. The van der Waals surface area contributed by atoms with E-state index in [9.17, 15) is 9.18 Å². The summed E-state index contributed by atoms with van der Waals surface area (Å²) in [5.41, 5.74) is 5.35. The van der Waals surface area contributed by atoms with Gasteiger partial charge in [-0.25, -0.2) is 4.39 Å². The van der Waals surface area contributed by atoms with E-state index >= 15 is 0 Å². The molecule has 0 radical (unpaired) electrons. The Morgan fingerprint density at radius 3 is 2.70 bits per heavy atom. The average Bonchev–Trinajstić information content (AvgIpc) is 3.53. The van der Waals surface area contributed by atoms with Crippen molar-refractivity contribution in [3.63, 3.8) is 0 Å². The van der Waals surface area contributed by atoms with Crippen molar-refractivity contribution in [1.29, 1.82) is 0 Å². The van der Waals surface area contributed by atoms with Crippen molar-refractivity contribution in [3.05, 3.63) is 94.8 Å². The number of halogens is 1. The van der Waals surface area contributed by atoms with Gasteiger partial charge < -0.3 is 20.4 Å². The molecule has 3 aromatic rings. The summed E-state index contributed by atoms with van der Waals surface area (Å²) in [5, 5.41) is 10.1. The van der Waals surface area contributed by atoms with Gasteiger partial charge in [0.1, 0.15) is 18.4 Å². The zero-order chi connectivity index (χ0) is 27.7. The van der Waals surface area contributed by atoms with Crippen LogP contribution in [0.15, 0.2) is 66.7 Å². The first-order chi connectivity index (χ1) is 19.3. The lowest BCUT2D eigenvalue weighted by Gasteiger charge is -2.38. The van der Waals surface area contributed by atoms with Gasteiger partial charge in [-0.1, -0.05) is 36.4 Å². The third-order valence-corrected chi connectivity index (χ3v) is 9.03. The smallest absolute Gasteiger partial charge is 0.251 e.